The second-order valence-electron chi connectivity index (χ2n) is 4.43. The summed E-state index contributed by atoms with van der Waals surface area (Å²) >= 11 is 0. The minimum absolute atomic E-state index is 0.732. The molecule has 0 bridgehead atoms. The van der Waals surface area contributed by atoms with Gasteiger partial charge in [-0.2, -0.15) is 0 Å². The van der Waals surface area contributed by atoms with Crippen molar-refractivity contribution in [1.82, 2.24) is 0 Å². The first-order valence-corrected chi connectivity index (χ1v) is 7.00. The molecule has 0 amide bonds. The molecule has 17 heavy (non-hydrogen) atoms. The zero-order chi connectivity index (χ0) is 12.0. The van der Waals surface area contributed by atoms with Crippen molar-refractivity contribution >= 4 is 18.4 Å². The first-order valence-electron chi connectivity index (χ1n) is 5.59. The van der Waals surface area contributed by atoms with Gasteiger partial charge in [-0.25, -0.2) is 0 Å². The third kappa shape index (κ3) is 1.69. The Morgan fingerprint density at radius 2 is 1.35 bits per heavy atom. The molecule has 0 unspecified atom stereocenters. The summed E-state index contributed by atoms with van der Waals surface area (Å²) in [6.45, 7) is 4.00. The Bertz CT molecular complexity index is 579. The lowest BCUT2D eigenvalue weighted by Crippen LogP contribution is -2.18. The summed E-state index contributed by atoms with van der Waals surface area (Å²) < 4.78 is 18.3. The van der Waals surface area contributed by atoms with Gasteiger partial charge < -0.3 is 9.30 Å². The summed E-state index contributed by atoms with van der Waals surface area (Å²) in [6, 6.07) is 11.7. The predicted molar refractivity (Wildman–Crippen MR) is 70.7 cm³/mol. The molecule has 0 radical (unpaired) electrons. The standard InChI is InChI=1S/C14H13O2P/c1-9-3-5-11-13(7-9)17(15)14-8-10(2)4-6-12(14)16-11/h3-8,17H,1-2H3. The number of fused-ring (bicyclic) bond motifs is 2. The second-order valence-corrected chi connectivity index (χ2v) is 6.17. The van der Waals surface area contributed by atoms with Crippen molar-refractivity contribution in [3.05, 3.63) is 47.5 Å². The van der Waals surface area contributed by atoms with Gasteiger partial charge in [0.1, 0.15) is 19.3 Å². The van der Waals surface area contributed by atoms with Gasteiger partial charge in [-0.1, -0.05) is 23.3 Å². The number of rotatable bonds is 0. The van der Waals surface area contributed by atoms with E-state index in [1.54, 1.807) is 0 Å². The number of benzene rings is 2. The first-order chi connectivity index (χ1) is 8.15. The van der Waals surface area contributed by atoms with E-state index in [0.717, 1.165) is 33.2 Å². The smallest absolute Gasteiger partial charge is 0.139 e. The SMILES string of the molecule is Cc1ccc2c(c1)[PH](=O)c1cc(C)ccc1O2. The summed E-state index contributed by atoms with van der Waals surface area (Å²) in [5, 5.41) is 1.68. The van der Waals surface area contributed by atoms with Crippen molar-refractivity contribution < 1.29 is 9.30 Å². The zero-order valence-corrected chi connectivity index (χ0v) is 10.8. The van der Waals surface area contributed by atoms with Crippen molar-refractivity contribution in [1.29, 1.82) is 0 Å². The summed E-state index contributed by atoms with van der Waals surface area (Å²) in [6.07, 6.45) is 0. The van der Waals surface area contributed by atoms with Crippen LogP contribution in [-0.4, -0.2) is 0 Å². The predicted octanol–water partition coefficient (Wildman–Crippen LogP) is 2.92. The van der Waals surface area contributed by atoms with Crippen LogP contribution in [0.25, 0.3) is 0 Å². The van der Waals surface area contributed by atoms with Crippen LogP contribution in [-0.2, 0) is 4.57 Å². The average molecular weight is 244 g/mol. The van der Waals surface area contributed by atoms with E-state index in [0.29, 0.717) is 0 Å². The maximum atomic E-state index is 12.5. The molecule has 1 aliphatic rings. The van der Waals surface area contributed by atoms with E-state index in [1.807, 2.05) is 50.2 Å². The summed E-state index contributed by atoms with van der Waals surface area (Å²) in [5.74, 6) is 1.46. The summed E-state index contributed by atoms with van der Waals surface area (Å²) in [7, 11) is -1.93. The van der Waals surface area contributed by atoms with E-state index >= 15 is 0 Å². The molecule has 2 aromatic carbocycles. The van der Waals surface area contributed by atoms with E-state index in [1.165, 1.54) is 0 Å². The van der Waals surface area contributed by atoms with Gasteiger partial charge in [0, 0.05) is 0 Å². The Morgan fingerprint density at radius 1 is 0.882 bits per heavy atom. The molecule has 2 aromatic rings. The van der Waals surface area contributed by atoms with Crippen LogP contribution in [0.5, 0.6) is 11.5 Å². The molecule has 0 N–H and O–H groups in total. The molecular formula is C14H13O2P. The topological polar surface area (TPSA) is 26.3 Å². The molecule has 1 aliphatic heterocycles. The molecule has 0 aromatic heterocycles. The minimum atomic E-state index is -1.93. The van der Waals surface area contributed by atoms with Crippen LogP contribution in [0.1, 0.15) is 11.1 Å². The molecule has 3 rings (SSSR count). The van der Waals surface area contributed by atoms with Crippen LogP contribution in [0.15, 0.2) is 36.4 Å². The molecule has 0 saturated heterocycles. The highest BCUT2D eigenvalue weighted by atomic mass is 31.1. The molecule has 2 nitrogen and oxygen atoms in total. The zero-order valence-electron chi connectivity index (χ0n) is 9.78. The lowest BCUT2D eigenvalue weighted by Gasteiger charge is -2.20. The van der Waals surface area contributed by atoms with Gasteiger partial charge in [-0.05, 0) is 38.1 Å². The van der Waals surface area contributed by atoms with Crippen molar-refractivity contribution in [3.63, 3.8) is 0 Å². The van der Waals surface area contributed by atoms with Gasteiger partial charge >= 0.3 is 0 Å². The monoisotopic (exact) mass is 244 g/mol. The average Bonchev–Trinajstić information content (AvgIpc) is 2.32. The molecule has 0 aliphatic carbocycles. The Balaban J connectivity index is 2.21. The quantitative estimate of drug-likeness (QED) is 0.568. The Kier molecular flexibility index (Phi) is 2.34. The molecule has 0 atom stereocenters. The lowest BCUT2D eigenvalue weighted by molar-refractivity contribution is 0.486. The molecule has 3 heteroatoms. The molecule has 0 spiro atoms. The molecule has 0 fully saturated rings. The van der Waals surface area contributed by atoms with E-state index in [4.69, 9.17) is 4.74 Å². The Labute approximate surface area is 101 Å². The highest BCUT2D eigenvalue weighted by Gasteiger charge is 2.23. The van der Waals surface area contributed by atoms with Gasteiger partial charge in [-0.3, -0.25) is 0 Å². The third-order valence-corrected chi connectivity index (χ3v) is 4.74. The van der Waals surface area contributed by atoms with E-state index in [2.05, 4.69) is 0 Å². The van der Waals surface area contributed by atoms with Crippen LogP contribution >= 0.6 is 7.80 Å². The van der Waals surface area contributed by atoms with Crippen molar-refractivity contribution in [2.45, 2.75) is 13.8 Å². The Hall–Kier alpha value is -1.53. The second kappa shape index (κ2) is 3.75. The fourth-order valence-corrected chi connectivity index (χ4v) is 3.81. The van der Waals surface area contributed by atoms with Crippen LogP contribution in [0.4, 0.5) is 0 Å². The van der Waals surface area contributed by atoms with Crippen LogP contribution in [0.3, 0.4) is 0 Å². The van der Waals surface area contributed by atoms with E-state index < -0.39 is 7.80 Å². The van der Waals surface area contributed by atoms with Crippen molar-refractivity contribution in [3.8, 4) is 11.5 Å². The number of hydrogen-bond acceptors (Lipinski definition) is 2. The number of aryl methyl sites for hydroxylation is 2. The Morgan fingerprint density at radius 3 is 1.82 bits per heavy atom. The van der Waals surface area contributed by atoms with Crippen LogP contribution in [0.2, 0.25) is 0 Å². The van der Waals surface area contributed by atoms with Crippen molar-refractivity contribution in [2.75, 3.05) is 0 Å². The summed E-state index contributed by atoms with van der Waals surface area (Å²) in [5.41, 5.74) is 2.23. The molecular weight excluding hydrogens is 231 g/mol. The fourth-order valence-electron chi connectivity index (χ4n) is 2.08. The maximum absolute atomic E-state index is 12.5. The molecule has 1 heterocycles. The number of hydrogen-bond donors (Lipinski definition) is 0. The van der Waals surface area contributed by atoms with E-state index in [-0.39, 0.29) is 0 Å². The first kappa shape index (κ1) is 10.6. The molecule has 86 valence electrons. The van der Waals surface area contributed by atoms with E-state index in [9.17, 15) is 4.57 Å². The highest BCUT2D eigenvalue weighted by Crippen LogP contribution is 2.37. The third-order valence-electron chi connectivity index (χ3n) is 2.98. The van der Waals surface area contributed by atoms with Crippen molar-refractivity contribution in [2.24, 2.45) is 0 Å². The lowest BCUT2D eigenvalue weighted by atomic mass is 10.2. The highest BCUT2D eigenvalue weighted by molar-refractivity contribution is 7.62. The normalized spacial score (nSPS) is 13.8. The summed E-state index contributed by atoms with van der Waals surface area (Å²) in [4.78, 5) is 0. The van der Waals surface area contributed by atoms with Crippen LogP contribution < -0.4 is 15.3 Å². The fraction of sp³-hybridized carbons (Fsp3) is 0.143. The largest absolute Gasteiger partial charge is 0.456 e. The maximum Gasteiger partial charge on any atom is 0.139 e. The minimum Gasteiger partial charge on any atom is -0.456 e. The molecule has 0 saturated carbocycles. The van der Waals surface area contributed by atoms with Gasteiger partial charge in [0.05, 0.1) is 10.6 Å². The van der Waals surface area contributed by atoms with Crippen LogP contribution in [0, 0.1) is 13.8 Å². The van der Waals surface area contributed by atoms with Gasteiger partial charge in [0.15, 0.2) is 0 Å². The number of ether oxygens (including phenoxy) is 1. The van der Waals surface area contributed by atoms with Gasteiger partial charge in [-0.15, -0.1) is 0 Å². The van der Waals surface area contributed by atoms with Gasteiger partial charge in [0.25, 0.3) is 0 Å². The van der Waals surface area contributed by atoms with Gasteiger partial charge in [0.2, 0.25) is 0 Å².